The largest absolute Gasteiger partial charge is 0.484 e. The second-order valence-corrected chi connectivity index (χ2v) is 7.57. The lowest BCUT2D eigenvalue weighted by atomic mass is 9.93. The summed E-state index contributed by atoms with van der Waals surface area (Å²) in [6.07, 6.45) is 2.25. The summed E-state index contributed by atoms with van der Waals surface area (Å²) in [6.45, 7) is 2.13. The van der Waals surface area contributed by atoms with Crippen LogP contribution in [0.5, 0.6) is 5.75 Å². The Morgan fingerprint density at radius 1 is 1.03 bits per heavy atom. The van der Waals surface area contributed by atoms with Crippen molar-refractivity contribution < 1.29 is 18.7 Å². The van der Waals surface area contributed by atoms with Crippen molar-refractivity contribution in [1.29, 1.82) is 0 Å². The number of fused-ring (bicyclic) bond motifs is 1. The number of carbonyl (C=O) groups excluding carboxylic acids is 2. The highest BCUT2D eigenvalue weighted by molar-refractivity contribution is 6.06. The Morgan fingerprint density at radius 2 is 1.75 bits per heavy atom. The molecule has 0 fully saturated rings. The average molecular weight is 431 g/mol. The van der Waals surface area contributed by atoms with Crippen molar-refractivity contribution in [1.82, 2.24) is 10.7 Å². The molecule has 1 aromatic heterocycles. The molecule has 2 amide bonds. The highest BCUT2D eigenvalue weighted by Gasteiger charge is 2.28. The second kappa shape index (κ2) is 9.96. The number of rotatable bonds is 7. The Morgan fingerprint density at radius 3 is 2.50 bits per heavy atom. The third-order valence-corrected chi connectivity index (χ3v) is 5.26. The zero-order chi connectivity index (χ0) is 22.3. The summed E-state index contributed by atoms with van der Waals surface area (Å²) in [6, 6.07) is 18.8. The number of benzene rings is 2. The van der Waals surface area contributed by atoms with E-state index in [1.165, 1.54) is 0 Å². The van der Waals surface area contributed by atoms with Crippen molar-refractivity contribution in [3.8, 4) is 5.75 Å². The van der Waals surface area contributed by atoms with E-state index in [0.717, 1.165) is 35.3 Å². The van der Waals surface area contributed by atoms with Gasteiger partial charge in [0.1, 0.15) is 11.5 Å². The molecule has 164 valence electrons. The molecule has 0 aliphatic heterocycles. The molecule has 0 atom stereocenters. The number of nitrogens with one attached hydrogen (secondary N) is 2. The minimum Gasteiger partial charge on any atom is -0.484 e. The van der Waals surface area contributed by atoms with Crippen LogP contribution in [0, 0.1) is 6.92 Å². The molecule has 0 radical (unpaired) electrons. The number of hydrazone groups is 1. The topological polar surface area (TPSA) is 92.9 Å². The van der Waals surface area contributed by atoms with Crippen LogP contribution in [0.2, 0.25) is 0 Å². The highest BCUT2D eigenvalue weighted by atomic mass is 16.5. The number of hydrogen-bond acceptors (Lipinski definition) is 5. The summed E-state index contributed by atoms with van der Waals surface area (Å²) in [4.78, 5) is 24.9. The third kappa shape index (κ3) is 5.06. The summed E-state index contributed by atoms with van der Waals surface area (Å²) >= 11 is 0. The van der Waals surface area contributed by atoms with Crippen molar-refractivity contribution >= 4 is 17.5 Å². The Kier molecular flexibility index (Phi) is 6.65. The number of para-hydroxylation sites is 1. The van der Waals surface area contributed by atoms with Crippen molar-refractivity contribution in [2.24, 2.45) is 5.10 Å². The van der Waals surface area contributed by atoms with Crippen molar-refractivity contribution in [2.45, 2.75) is 32.7 Å². The van der Waals surface area contributed by atoms with Gasteiger partial charge >= 0.3 is 0 Å². The lowest BCUT2D eigenvalue weighted by Crippen LogP contribution is -2.27. The van der Waals surface area contributed by atoms with Gasteiger partial charge in [-0.3, -0.25) is 9.59 Å². The molecule has 0 unspecified atom stereocenters. The van der Waals surface area contributed by atoms with Crippen LogP contribution in [0.1, 0.15) is 45.8 Å². The Hall–Kier alpha value is -3.87. The number of carbonyl (C=O) groups is 2. The number of furan rings is 1. The van der Waals surface area contributed by atoms with Crippen LogP contribution in [-0.4, -0.2) is 24.1 Å². The summed E-state index contributed by atoms with van der Waals surface area (Å²) in [7, 11) is 0. The molecule has 3 aromatic rings. The molecule has 1 aliphatic rings. The number of nitrogens with zero attached hydrogens (tertiary/aromatic N) is 1. The van der Waals surface area contributed by atoms with E-state index in [-0.39, 0.29) is 18.4 Å². The quantitative estimate of drug-likeness (QED) is 0.557. The lowest BCUT2D eigenvalue weighted by Gasteiger charge is -2.13. The van der Waals surface area contributed by atoms with E-state index < -0.39 is 0 Å². The highest BCUT2D eigenvalue weighted by Crippen LogP contribution is 2.29. The van der Waals surface area contributed by atoms with Crippen LogP contribution in [0.15, 0.2) is 70.2 Å². The zero-order valence-corrected chi connectivity index (χ0v) is 17.9. The van der Waals surface area contributed by atoms with E-state index in [1.54, 1.807) is 12.1 Å². The maximum atomic E-state index is 12.7. The van der Waals surface area contributed by atoms with Crippen LogP contribution in [0.4, 0.5) is 0 Å². The molecule has 1 heterocycles. The molecular formula is C25H25N3O4. The summed E-state index contributed by atoms with van der Waals surface area (Å²) in [5, 5.41) is 7.21. The van der Waals surface area contributed by atoms with Gasteiger partial charge in [-0.25, -0.2) is 5.43 Å². The van der Waals surface area contributed by atoms with Gasteiger partial charge in [0.15, 0.2) is 12.4 Å². The number of ether oxygens (including phenoxy) is 1. The molecule has 1 aliphatic carbocycles. The van der Waals surface area contributed by atoms with Crippen LogP contribution in [0.25, 0.3) is 0 Å². The van der Waals surface area contributed by atoms with Crippen LogP contribution < -0.4 is 15.5 Å². The first kappa shape index (κ1) is 21.4. The average Bonchev–Trinajstić information content (AvgIpc) is 3.18. The SMILES string of the molecule is Cc1c(C(=O)NCc2ccccc2)oc2c1/C(=N/NC(=O)COc1ccccc1)CCC2. The molecule has 2 aromatic carbocycles. The standard InChI is InChI=1S/C25H25N3O4/c1-17-23-20(27-28-22(29)16-31-19-11-6-3-7-12-19)13-8-14-21(23)32-24(17)25(30)26-15-18-9-4-2-5-10-18/h2-7,9-12H,8,13-16H2,1H3,(H,26,30)(H,28,29)/b27-20+. The van der Waals surface area contributed by atoms with Gasteiger partial charge in [-0.1, -0.05) is 48.5 Å². The summed E-state index contributed by atoms with van der Waals surface area (Å²) in [5.41, 5.74) is 5.83. The Bertz CT molecular complexity index is 1120. The third-order valence-electron chi connectivity index (χ3n) is 5.26. The number of amides is 2. The molecule has 4 rings (SSSR count). The molecular weight excluding hydrogens is 406 g/mol. The minimum atomic E-state index is -0.351. The van der Waals surface area contributed by atoms with Gasteiger partial charge in [-0.15, -0.1) is 0 Å². The first-order valence-electron chi connectivity index (χ1n) is 10.6. The van der Waals surface area contributed by atoms with E-state index in [2.05, 4.69) is 15.8 Å². The second-order valence-electron chi connectivity index (χ2n) is 7.57. The number of aryl methyl sites for hydroxylation is 1. The van der Waals surface area contributed by atoms with Gasteiger partial charge in [-0.2, -0.15) is 5.10 Å². The van der Waals surface area contributed by atoms with E-state index in [9.17, 15) is 9.59 Å². The predicted molar refractivity (Wildman–Crippen MR) is 121 cm³/mol. The first-order chi connectivity index (χ1) is 15.6. The van der Waals surface area contributed by atoms with Crippen LogP contribution in [0.3, 0.4) is 0 Å². The van der Waals surface area contributed by atoms with Crippen LogP contribution >= 0.6 is 0 Å². The molecule has 7 nitrogen and oxygen atoms in total. The Labute approximate surface area is 186 Å². The molecule has 0 saturated heterocycles. The molecule has 0 spiro atoms. The molecule has 0 bridgehead atoms. The first-order valence-corrected chi connectivity index (χ1v) is 10.6. The Balaban J connectivity index is 1.42. The zero-order valence-electron chi connectivity index (χ0n) is 17.9. The van der Waals surface area contributed by atoms with Gasteiger partial charge in [-0.05, 0) is 37.5 Å². The fourth-order valence-corrected chi connectivity index (χ4v) is 3.68. The van der Waals surface area contributed by atoms with Gasteiger partial charge < -0.3 is 14.5 Å². The van der Waals surface area contributed by atoms with E-state index in [0.29, 0.717) is 30.2 Å². The van der Waals surface area contributed by atoms with Crippen molar-refractivity contribution in [3.05, 3.63) is 88.9 Å². The summed E-state index contributed by atoms with van der Waals surface area (Å²) < 4.78 is 11.3. The molecule has 2 N–H and O–H groups in total. The number of hydrogen-bond donors (Lipinski definition) is 2. The van der Waals surface area contributed by atoms with Crippen molar-refractivity contribution in [2.75, 3.05) is 6.61 Å². The lowest BCUT2D eigenvalue weighted by molar-refractivity contribution is -0.123. The monoisotopic (exact) mass is 431 g/mol. The predicted octanol–water partition coefficient (Wildman–Crippen LogP) is 3.75. The van der Waals surface area contributed by atoms with Gasteiger partial charge in [0.05, 0.1) is 5.71 Å². The van der Waals surface area contributed by atoms with Crippen LogP contribution in [-0.2, 0) is 17.8 Å². The smallest absolute Gasteiger partial charge is 0.287 e. The van der Waals surface area contributed by atoms with Gasteiger partial charge in [0, 0.05) is 24.1 Å². The summed E-state index contributed by atoms with van der Waals surface area (Å²) in [5.74, 6) is 1.02. The normalized spacial score (nSPS) is 14.0. The van der Waals surface area contributed by atoms with Crippen molar-refractivity contribution in [3.63, 3.8) is 0 Å². The van der Waals surface area contributed by atoms with E-state index >= 15 is 0 Å². The molecule has 0 saturated carbocycles. The molecule has 32 heavy (non-hydrogen) atoms. The maximum Gasteiger partial charge on any atom is 0.287 e. The fourth-order valence-electron chi connectivity index (χ4n) is 3.68. The fraction of sp³-hybridized carbons (Fsp3) is 0.240. The minimum absolute atomic E-state index is 0.134. The van der Waals surface area contributed by atoms with Gasteiger partial charge in [0.25, 0.3) is 11.8 Å². The maximum absolute atomic E-state index is 12.7. The van der Waals surface area contributed by atoms with E-state index in [1.807, 2.05) is 55.5 Å². The van der Waals surface area contributed by atoms with E-state index in [4.69, 9.17) is 9.15 Å². The van der Waals surface area contributed by atoms with Gasteiger partial charge in [0.2, 0.25) is 0 Å². The molecule has 7 heteroatoms.